The Hall–Kier alpha value is -2.18. The van der Waals surface area contributed by atoms with E-state index in [0.717, 1.165) is 29.7 Å². The normalized spacial score (nSPS) is 21.4. The second kappa shape index (κ2) is 6.03. The van der Waals surface area contributed by atoms with E-state index in [1.165, 1.54) is 6.33 Å². The summed E-state index contributed by atoms with van der Waals surface area (Å²) in [4.78, 5) is 10.3. The van der Waals surface area contributed by atoms with Crippen LogP contribution in [0.2, 0.25) is 5.02 Å². The van der Waals surface area contributed by atoms with E-state index >= 15 is 0 Å². The molecule has 2 aromatic heterocycles. The molecule has 3 heterocycles. The molecule has 1 aromatic carbocycles. The van der Waals surface area contributed by atoms with Gasteiger partial charge in [-0.3, -0.25) is 0 Å². The molecule has 3 aromatic rings. The molecule has 0 saturated carbocycles. The van der Waals surface area contributed by atoms with E-state index in [2.05, 4.69) is 33.9 Å². The van der Waals surface area contributed by atoms with Crippen molar-refractivity contribution >= 4 is 28.3 Å². The average Bonchev–Trinajstić information content (AvgIpc) is 3.00. The Bertz CT molecular complexity index is 858. The van der Waals surface area contributed by atoms with Crippen molar-refractivity contribution in [3.05, 3.63) is 35.9 Å². The molecule has 24 heavy (non-hydrogen) atoms. The molecule has 2 atom stereocenters. The van der Waals surface area contributed by atoms with Gasteiger partial charge < -0.3 is 14.2 Å². The van der Waals surface area contributed by atoms with Crippen molar-refractivity contribution in [3.8, 4) is 11.3 Å². The van der Waals surface area contributed by atoms with Crippen LogP contribution in [-0.2, 0) is 4.74 Å². The van der Waals surface area contributed by atoms with E-state index in [-0.39, 0.29) is 12.2 Å². The summed E-state index contributed by atoms with van der Waals surface area (Å²) in [5.41, 5.74) is 3.02. The zero-order chi connectivity index (χ0) is 16.7. The molecule has 1 fully saturated rings. The van der Waals surface area contributed by atoms with Crippen LogP contribution in [-0.4, -0.2) is 40.4 Å². The van der Waals surface area contributed by atoms with Gasteiger partial charge in [-0.05, 0) is 26.0 Å². The first kappa shape index (κ1) is 15.4. The Morgan fingerprint density at radius 2 is 1.83 bits per heavy atom. The highest BCUT2D eigenvalue weighted by atomic mass is 35.5. The molecule has 0 aliphatic carbocycles. The van der Waals surface area contributed by atoms with Crippen molar-refractivity contribution in [2.75, 3.05) is 18.0 Å². The average molecular weight is 345 g/mol. The van der Waals surface area contributed by atoms with Gasteiger partial charge in [0.2, 0.25) is 0 Å². The number of fused-ring (bicyclic) bond motifs is 1. The van der Waals surface area contributed by atoms with Crippen LogP contribution >= 0.6 is 11.6 Å². The summed E-state index contributed by atoms with van der Waals surface area (Å²) in [6.45, 7) is 5.72. The number of ether oxygens (including phenoxy) is 1. The molecule has 1 aliphatic heterocycles. The molecule has 1 saturated heterocycles. The summed E-state index contributed by atoms with van der Waals surface area (Å²) in [5, 5.41) is 5.59. The molecular weight excluding hydrogens is 328 g/mol. The van der Waals surface area contributed by atoms with Gasteiger partial charge in [-0.2, -0.15) is 0 Å². The number of hydrogen-bond acceptors (Lipinski definition) is 6. The summed E-state index contributed by atoms with van der Waals surface area (Å²) in [5.74, 6) is 0. The first-order chi connectivity index (χ1) is 11.6. The van der Waals surface area contributed by atoms with Gasteiger partial charge in [0.1, 0.15) is 17.0 Å². The van der Waals surface area contributed by atoms with Gasteiger partial charge in [0.05, 0.1) is 23.3 Å². The minimum absolute atomic E-state index is 0.160. The van der Waals surface area contributed by atoms with Gasteiger partial charge in [0.25, 0.3) is 0 Å². The van der Waals surface area contributed by atoms with Crippen molar-refractivity contribution in [2.24, 2.45) is 0 Å². The lowest BCUT2D eigenvalue weighted by molar-refractivity contribution is -0.00520. The van der Waals surface area contributed by atoms with Crippen LogP contribution in [0.4, 0.5) is 5.69 Å². The van der Waals surface area contributed by atoms with E-state index in [4.69, 9.17) is 20.9 Å². The third-order valence-corrected chi connectivity index (χ3v) is 4.52. The molecule has 0 unspecified atom stereocenters. The third kappa shape index (κ3) is 2.61. The summed E-state index contributed by atoms with van der Waals surface area (Å²) >= 11 is 6.62. The Balaban J connectivity index is 1.77. The maximum Gasteiger partial charge on any atom is 0.188 e. The Morgan fingerprint density at radius 1 is 1.12 bits per heavy atom. The molecule has 0 spiro atoms. The lowest BCUT2D eigenvalue weighted by atomic mass is 10.1. The summed E-state index contributed by atoms with van der Waals surface area (Å²) in [6, 6.07) is 4.00. The highest BCUT2D eigenvalue weighted by Gasteiger charge is 2.26. The van der Waals surface area contributed by atoms with E-state index in [1.54, 1.807) is 12.4 Å². The van der Waals surface area contributed by atoms with E-state index in [9.17, 15) is 0 Å². The predicted molar refractivity (Wildman–Crippen MR) is 92.3 cm³/mol. The summed E-state index contributed by atoms with van der Waals surface area (Å²) in [7, 11) is 0. The lowest BCUT2D eigenvalue weighted by Gasteiger charge is -2.37. The molecule has 1 aliphatic rings. The second-order valence-corrected chi connectivity index (χ2v) is 6.47. The first-order valence-electron chi connectivity index (χ1n) is 7.87. The molecule has 124 valence electrons. The number of aromatic nitrogens is 3. The van der Waals surface area contributed by atoms with Crippen molar-refractivity contribution < 1.29 is 9.26 Å². The quantitative estimate of drug-likeness (QED) is 0.708. The first-order valence-corrected chi connectivity index (χ1v) is 8.25. The standard InChI is InChI=1S/C17H17ClN4O2/c1-10-7-22(8-11(2)23-10)14-4-3-13-16(12-5-19-9-20-6-12)21-24-17(13)15(14)18/h3-6,9-11H,7-8H2,1-2H3/t10-,11+. The van der Waals surface area contributed by atoms with Crippen LogP contribution in [0.25, 0.3) is 22.2 Å². The maximum atomic E-state index is 6.62. The number of rotatable bonds is 2. The Labute approximate surface area is 144 Å². The van der Waals surface area contributed by atoms with Crippen molar-refractivity contribution in [1.29, 1.82) is 0 Å². The van der Waals surface area contributed by atoms with Gasteiger partial charge in [-0.25, -0.2) is 9.97 Å². The molecule has 0 amide bonds. The van der Waals surface area contributed by atoms with Crippen LogP contribution in [0.5, 0.6) is 0 Å². The number of nitrogens with zero attached hydrogens (tertiary/aromatic N) is 4. The minimum atomic E-state index is 0.160. The zero-order valence-electron chi connectivity index (χ0n) is 13.4. The molecule has 7 heteroatoms. The van der Waals surface area contributed by atoms with Crippen LogP contribution in [0, 0.1) is 0 Å². The number of anilines is 1. The van der Waals surface area contributed by atoms with Crippen molar-refractivity contribution in [3.63, 3.8) is 0 Å². The fourth-order valence-electron chi connectivity index (χ4n) is 3.21. The van der Waals surface area contributed by atoms with E-state index in [0.29, 0.717) is 16.3 Å². The number of benzene rings is 1. The molecule has 0 radical (unpaired) electrons. The largest absolute Gasteiger partial charge is 0.372 e. The van der Waals surface area contributed by atoms with Crippen LogP contribution in [0.3, 0.4) is 0 Å². The number of hydrogen-bond donors (Lipinski definition) is 0. The van der Waals surface area contributed by atoms with E-state index < -0.39 is 0 Å². The highest BCUT2D eigenvalue weighted by Crippen LogP contribution is 2.38. The van der Waals surface area contributed by atoms with Gasteiger partial charge >= 0.3 is 0 Å². The third-order valence-electron chi connectivity index (χ3n) is 4.15. The highest BCUT2D eigenvalue weighted by molar-refractivity contribution is 6.37. The fraction of sp³-hybridized carbons (Fsp3) is 0.353. The lowest BCUT2D eigenvalue weighted by Crippen LogP contribution is -2.45. The predicted octanol–water partition coefficient (Wildman–Crippen LogP) is 3.55. The van der Waals surface area contributed by atoms with Crippen LogP contribution in [0.1, 0.15) is 13.8 Å². The number of halogens is 1. The van der Waals surface area contributed by atoms with Gasteiger partial charge in [0.15, 0.2) is 5.58 Å². The number of morpholine rings is 1. The zero-order valence-corrected chi connectivity index (χ0v) is 14.2. The molecule has 6 nitrogen and oxygen atoms in total. The van der Waals surface area contributed by atoms with E-state index in [1.807, 2.05) is 12.1 Å². The summed E-state index contributed by atoms with van der Waals surface area (Å²) < 4.78 is 11.3. The Morgan fingerprint density at radius 3 is 2.54 bits per heavy atom. The fourth-order valence-corrected chi connectivity index (χ4v) is 3.53. The maximum absolute atomic E-state index is 6.62. The van der Waals surface area contributed by atoms with Crippen molar-refractivity contribution in [1.82, 2.24) is 15.1 Å². The van der Waals surface area contributed by atoms with Crippen molar-refractivity contribution in [2.45, 2.75) is 26.1 Å². The van der Waals surface area contributed by atoms with Gasteiger partial charge in [-0.1, -0.05) is 16.8 Å². The van der Waals surface area contributed by atoms with Gasteiger partial charge in [-0.15, -0.1) is 0 Å². The second-order valence-electron chi connectivity index (χ2n) is 6.10. The van der Waals surface area contributed by atoms with Gasteiger partial charge in [0, 0.05) is 31.0 Å². The molecular formula is C17H17ClN4O2. The Kier molecular flexibility index (Phi) is 3.86. The molecule has 0 bridgehead atoms. The van der Waals surface area contributed by atoms with Crippen LogP contribution in [0.15, 0.2) is 35.4 Å². The topological polar surface area (TPSA) is 64.3 Å². The monoisotopic (exact) mass is 344 g/mol. The summed E-state index contributed by atoms with van der Waals surface area (Å²) in [6.07, 6.45) is 5.21. The minimum Gasteiger partial charge on any atom is -0.372 e. The molecule has 4 rings (SSSR count). The SMILES string of the molecule is C[C@@H]1CN(c2ccc3c(-c4cncnc4)noc3c2Cl)C[C@H](C)O1. The smallest absolute Gasteiger partial charge is 0.188 e. The molecule has 0 N–H and O–H groups in total. The van der Waals surface area contributed by atoms with Crippen LogP contribution < -0.4 is 4.90 Å².